The number of halogens is 2. The summed E-state index contributed by atoms with van der Waals surface area (Å²) < 4.78 is 5.69. The maximum absolute atomic E-state index is 11.9. The van der Waals surface area contributed by atoms with Crippen LogP contribution in [0.5, 0.6) is 0 Å². The van der Waals surface area contributed by atoms with Gasteiger partial charge in [0.1, 0.15) is 17.1 Å². The summed E-state index contributed by atoms with van der Waals surface area (Å²) >= 11 is 13.0. The number of fused-ring (bicyclic) bond motifs is 1. The molecule has 0 aliphatic heterocycles. The standard InChI is InChI=1S/C15H10Cl2N2O3S/c16-9-2-1-8(5-10(9)17)6-13(20)22-7-12-18-11-3-4-23-14(11)15(21)19-12/h1-5H,6-7H2,(H,18,19,21). The summed E-state index contributed by atoms with van der Waals surface area (Å²) in [7, 11) is 0. The molecule has 0 radical (unpaired) electrons. The molecule has 0 unspecified atom stereocenters. The first kappa shape index (κ1) is 16.0. The van der Waals surface area contributed by atoms with Crippen molar-refractivity contribution in [3.05, 3.63) is 61.4 Å². The van der Waals surface area contributed by atoms with Gasteiger partial charge in [-0.1, -0.05) is 29.3 Å². The molecule has 0 spiro atoms. The highest BCUT2D eigenvalue weighted by atomic mass is 35.5. The van der Waals surface area contributed by atoms with Crippen LogP contribution in [0.25, 0.3) is 10.2 Å². The molecule has 5 nitrogen and oxygen atoms in total. The Morgan fingerprint density at radius 2 is 2.09 bits per heavy atom. The first-order chi connectivity index (χ1) is 11.0. The Morgan fingerprint density at radius 3 is 2.87 bits per heavy atom. The Kier molecular flexibility index (Phi) is 4.66. The number of hydrogen-bond acceptors (Lipinski definition) is 5. The van der Waals surface area contributed by atoms with Crippen molar-refractivity contribution >= 4 is 50.7 Å². The molecule has 23 heavy (non-hydrogen) atoms. The number of aromatic amines is 1. The lowest BCUT2D eigenvalue weighted by Gasteiger charge is -2.05. The Morgan fingerprint density at radius 1 is 1.26 bits per heavy atom. The van der Waals surface area contributed by atoms with E-state index in [1.807, 2.05) is 0 Å². The number of hydrogen-bond donors (Lipinski definition) is 1. The smallest absolute Gasteiger partial charge is 0.310 e. The minimum Gasteiger partial charge on any atom is -0.457 e. The van der Waals surface area contributed by atoms with Gasteiger partial charge in [0.15, 0.2) is 0 Å². The first-order valence-electron chi connectivity index (χ1n) is 6.59. The molecule has 0 amide bonds. The third-order valence-corrected chi connectivity index (χ3v) is 4.71. The fourth-order valence-corrected chi connectivity index (χ4v) is 3.05. The van der Waals surface area contributed by atoms with E-state index < -0.39 is 5.97 Å². The number of aromatic nitrogens is 2. The number of nitrogens with one attached hydrogen (secondary N) is 1. The molecule has 0 fully saturated rings. The third-order valence-electron chi connectivity index (χ3n) is 3.07. The van der Waals surface area contributed by atoms with Crippen LogP contribution in [0.3, 0.4) is 0 Å². The Bertz CT molecular complexity index is 936. The van der Waals surface area contributed by atoms with Crippen molar-refractivity contribution in [2.75, 3.05) is 0 Å². The molecular formula is C15H10Cl2N2O3S. The maximum atomic E-state index is 11.9. The van der Waals surface area contributed by atoms with Crippen LogP contribution >= 0.6 is 34.5 Å². The summed E-state index contributed by atoms with van der Waals surface area (Å²) in [5.74, 6) is -0.139. The molecule has 0 aliphatic rings. The van der Waals surface area contributed by atoms with Crippen LogP contribution in [0.15, 0.2) is 34.4 Å². The van der Waals surface area contributed by atoms with E-state index in [0.29, 0.717) is 31.6 Å². The van der Waals surface area contributed by atoms with Crippen molar-refractivity contribution in [3.63, 3.8) is 0 Å². The van der Waals surface area contributed by atoms with Gasteiger partial charge in [-0.3, -0.25) is 9.59 Å². The number of carbonyl (C=O) groups excluding carboxylic acids is 1. The molecular weight excluding hydrogens is 359 g/mol. The third kappa shape index (κ3) is 3.72. The average molecular weight is 369 g/mol. The van der Waals surface area contributed by atoms with Gasteiger partial charge in [-0.2, -0.15) is 0 Å². The molecule has 2 heterocycles. The van der Waals surface area contributed by atoms with Crippen molar-refractivity contribution < 1.29 is 9.53 Å². The lowest BCUT2D eigenvalue weighted by molar-refractivity contribution is -0.144. The van der Waals surface area contributed by atoms with Gasteiger partial charge in [-0.05, 0) is 29.1 Å². The second-order valence-corrected chi connectivity index (χ2v) is 6.46. The van der Waals surface area contributed by atoms with Gasteiger partial charge in [0.25, 0.3) is 5.56 Å². The quantitative estimate of drug-likeness (QED) is 0.714. The van der Waals surface area contributed by atoms with Crippen LogP contribution in [-0.2, 0) is 22.6 Å². The number of esters is 1. The van der Waals surface area contributed by atoms with Crippen molar-refractivity contribution in [3.8, 4) is 0 Å². The van der Waals surface area contributed by atoms with E-state index in [1.165, 1.54) is 11.3 Å². The minimum atomic E-state index is -0.448. The molecule has 1 aromatic carbocycles. The van der Waals surface area contributed by atoms with Gasteiger partial charge in [0, 0.05) is 0 Å². The number of rotatable bonds is 4. The summed E-state index contributed by atoms with van der Waals surface area (Å²) in [5.41, 5.74) is 1.05. The van der Waals surface area contributed by atoms with Crippen LogP contribution in [-0.4, -0.2) is 15.9 Å². The molecule has 3 rings (SSSR count). The molecule has 0 saturated carbocycles. The van der Waals surface area contributed by atoms with Crippen molar-refractivity contribution in [1.82, 2.24) is 9.97 Å². The summed E-state index contributed by atoms with van der Waals surface area (Å²) in [5, 5.41) is 2.59. The SMILES string of the molecule is O=C(Cc1ccc(Cl)c(Cl)c1)OCc1nc2ccsc2c(=O)[nH]1. The van der Waals surface area contributed by atoms with E-state index in [0.717, 1.165) is 0 Å². The molecule has 118 valence electrons. The lowest BCUT2D eigenvalue weighted by Crippen LogP contribution is -2.14. The van der Waals surface area contributed by atoms with Gasteiger partial charge in [0.05, 0.1) is 22.0 Å². The fourth-order valence-electron chi connectivity index (χ4n) is 2.01. The summed E-state index contributed by atoms with van der Waals surface area (Å²) in [6, 6.07) is 6.68. The highest BCUT2D eigenvalue weighted by Crippen LogP contribution is 2.23. The first-order valence-corrected chi connectivity index (χ1v) is 8.22. The van der Waals surface area contributed by atoms with Crippen LogP contribution in [0.4, 0.5) is 0 Å². The fraction of sp³-hybridized carbons (Fsp3) is 0.133. The van der Waals surface area contributed by atoms with Crippen LogP contribution in [0.2, 0.25) is 10.0 Å². The second kappa shape index (κ2) is 6.70. The predicted octanol–water partition coefficient (Wildman–Crippen LogP) is 3.58. The van der Waals surface area contributed by atoms with E-state index in [-0.39, 0.29) is 18.6 Å². The molecule has 2 aromatic heterocycles. The van der Waals surface area contributed by atoms with Crippen molar-refractivity contribution in [2.24, 2.45) is 0 Å². The molecule has 1 N–H and O–H groups in total. The van der Waals surface area contributed by atoms with Crippen LogP contribution in [0, 0.1) is 0 Å². The highest BCUT2D eigenvalue weighted by molar-refractivity contribution is 7.17. The number of benzene rings is 1. The summed E-state index contributed by atoms with van der Waals surface area (Å²) in [4.78, 5) is 30.5. The predicted molar refractivity (Wildman–Crippen MR) is 90.2 cm³/mol. The normalized spacial score (nSPS) is 10.9. The molecule has 0 saturated heterocycles. The molecule has 8 heteroatoms. The number of nitrogens with zero attached hydrogens (tertiary/aromatic N) is 1. The van der Waals surface area contributed by atoms with Gasteiger partial charge < -0.3 is 9.72 Å². The van der Waals surface area contributed by atoms with Crippen molar-refractivity contribution in [2.45, 2.75) is 13.0 Å². The number of ether oxygens (including phenoxy) is 1. The number of thiophene rings is 1. The maximum Gasteiger partial charge on any atom is 0.310 e. The van der Waals surface area contributed by atoms with Gasteiger partial charge >= 0.3 is 5.97 Å². The largest absolute Gasteiger partial charge is 0.457 e. The van der Waals surface area contributed by atoms with E-state index in [1.54, 1.807) is 29.6 Å². The highest BCUT2D eigenvalue weighted by Gasteiger charge is 2.10. The van der Waals surface area contributed by atoms with Crippen LogP contribution < -0.4 is 5.56 Å². The molecule has 3 aromatic rings. The zero-order valence-electron chi connectivity index (χ0n) is 11.6. The average Bonchev–Trinajstić information content (AvgIpc) is 2.98. The van der Waals surface area contributed by atoms with Gasteiger partial charge in [-0.15, -0.1) is 11.3 Å². The molecule has 0 atom stereocenters. The molecule has 0 aliphatic carbocycles. The minimum absolute atomic E-state index is 0.0574. The van der Waals surface area contributed by atoms with E-state index in [2.05, 4.69) is 9.97 Å². The summed E-state index contributed by atoms with van der Waals surface area (Å²) in [6.45, 7) is -0.0960. The topological polar surface area (TPSA) is 72.0 Å². The van der Waals surface area contributed by atoms with E-state index in [4.69, 9.17) is 27.9 Å². The van der Waals surface area contributed by atoms with E-state index in [9.17, 15) is 9.59 Å². The van der Waals surface area contributed by atoms with Crippen LogP contribution in [0.1, 0.15) is 11.4 Å². The summed E-state index contributed by atoms with van der Waals surface area (Å²) in [6.07, 6.45) is 0.0574. The number of carbonyl (C=O) groups is 1. The Balaban J connectivity index is 1.65. The zero-order chi connectivity index (χ0) is 16.4. The lowest BCUT2D eigenvalue weighted by atomic mass is 10.1. The monoisotopic (exact) mass is 368 g/mol. The Labute approximate surface area is 144 Å². The second-order valence-electron chi connectivity index (χ2n) is 4.73. The van der Waals surface area contributed by atoms with E-state index >= 15 is 0 Å². The van der Waals surface area contributed by atoms with Crippen molar-refractivity contribution in [1.29, 1.82) is 0 Å². The van der Waals surface area contributed by atoms with Gasteiger partial charge in [0.2, 0.25) is 0 Å². The van der Waals surface area contributed by atoms with Gasteiger partial charge in [-0.25, -0.2) is 4.98 Å². The molecule has 0 bridgehead atoms. The zero-order valence-corrected chi connectivity index (χ0v) is 14.0. The Hall–Kier alpha value is -1.89. The number of H-pyrrole nitrogens is 1.